The first-order chi connectivity index (χ1) is 13.0. The van der Waals surface area contributed by atoms with Crippen LogP contribution in [0.25, 0.3) is 0 Å². The van der Waals surface area contributed by atoms with Crippen LogP contribution >= 0.6 is 0 Å². The zero-order chi connectivity index (χ0) is 19.4. The number of unbranched alkanes of at least 4 members (excludes halogenated alkanes) is 1. The lowest BCUT2D eigenvalue weighted by Crippen LogP contribution is -2.29. The molecule has 144 valence electrons. The number of aryl methyl sites for hydroxylation is 1. The van der Waals surface area contributed by atoms with E-state index in [4.69, 9.17) is 0 Å². The second-order valence-corrected chi connectivity index (χ2v) is 7.24. The zero-order valence-corrected chi connectivity index (χ0v) is 16.4. The molecule has 0 saturated heterocycles. The molecule has 1 aromatic carbocycles. The molecule has 3 rings (SSSR count). The lowest BCUT2D eigenvalue weighted by Gasteiger charge is -2.19. The third-order valence-corrected chi connectivity index (χ3v) is 4.99. The predicted molar refractivity (Wildman–Crippen MR) is 106 cm³/mol. The molecule has 2 heterocycles. The van der Waals surface area contributed by atoms with Crippen LogP contribution in [-0.2, 0) is 13.0 Å². The molecule has 1 aromatic heterocycles. The van der Waals surface area contributed by atoms with Crippen LogP contribution in [0.15, 0.2) is 24.3 Å². The van der Waals surface area contributed by atoms with E-state index in [0.29, 0.717) is 18.1 Å². The fourth-order valence-electron chi connectivity index (χ4n) is 3.48. The van der Waals surface area contributed by atoms with Crippen molar-refractivity contribution in [2.75, 3.05) is 18.9 Å². The van der Waals surface area contributed by atoms with E-state index < -0.39 is 0 Å². The van der Waals surface area contributed by atoms with Crippen LogP contribution in [0.5, 0.6) is 0 Å². The van der Waals surface area contributed by atoms with Crippen molar-refractivity contribution in [3.05, 3.63) is 47.0 Å². The van der Waals surface area contributed by atoms with E-state index in [9.17, 15) is 9.59 Å². The summed E-state index contributed by atoms with van der Waals surface area (Å²) in [5.41, 5.74) is 3.14. The summed E-state index contributed by atoms with van der Waals surface area (Å²) >= 11 is 0. The van der Waals surface area contributed by atoms with Crippen molar-refractivity contribution in [1.82, 2.24) is 14.5 Å². The molecule has 0 spiro atoms. The van der Waals surface area contributed by atoms with Crippen molar-refractivity contribution < 1.29 is 9.59 Å². The van der Waals surface area contributed by atoms with Gasteiger partial charge in [-0.2, -0.15) is 0 Å². The van der Waals surface area contributed by atoms with Crippen LogP contribution in [0, 0.1) is 6.92 Å². The number of hydrogen-bond acceptors (Lipinski definition) is 3. The maximum absolute atomic E-state index is 12.9. The van der Waals surface area contributed by atoms with Gasteiger partial charge in [-0.3, -0.25) is 9.59 Å². The highest BCUT2D eigenvalue weighted by Gasteiger charge is 2.28. The number of aromatic nitrogens is 2. The highest BCUT2D eigenvalue weighted by molar-refractivity contribution is 6.03. The summed E-state index contributed by atoms with van der Waals surface area (Å²) in [7, 11) is 1.80. The van der Waals surface area contributed by atoms with E-state index in [1.165, 1.54) is 0 Å². The lowest BCUT2D eigenvalue weighted by atomic mass is 10.1. The minimum Gasteiger partial charge on any atom is -0.340 e. The van der Waals surface area contributed by atoms with Crippen molar-refractivity contribution in [1.29, 1.82) is 0 Å². The maximum atomic E-state index is 12.9. The highest BCUT2D eigenvalue weighted by Crippen LogP contribution is 2.23. The third kappa shape index (κ3) is 4.21. The monoisotopic (exact) mass is 368 g/mol. The number of carbonyl (C=O) groups excluding carboxylic acids is 2. The van der Waals surface area contributed by atoms with Gasteiger partial charge in [0.1, 0.15) is 5.69 Å². The van der Waals surface area contributed by atoms with E-state index in [2.05, 4.69) is 17.2 Å². The standard InChI is InChI=1S/C21H28N4O2/c1-4-5-12-24(3)21(27)18-17-11-6-7-13-25(17)19(23-18)20(26)22-16-10-8-9-15(2)14-16/h8-10,14H,4-7,11-13H2,1-3H3,(H,22,26). The first-order valence-corrected chi connectivity index (χ1v) is 9.74. The number of nitrogens with zero attached hydrogens (tertiary/aromatic N) is 3. The van der Waals surface area contributed by atoms with Crippen molar-refractivity contribution in [2.45, 2.75) is 52.5 Å². The van der Waals surface area contributed by atoms with Gasteiger partial charge in [0.25, 0.3) is 11.8 Å². The fraction of sp³-hybridized carbons (Fsp3) is 0.476. The van der Waals surface area contributed by atoms with Gasteiger partial charge in [0.05, 0.1) is 5.69 Å². The first kappa shape index (κ1) is 19.1. The van der Waals surface area contributed by atoms with Crippen molar-refractivity contribution in [3.63, 3.8) is 0 Å². The molecule has 0 saturated carbocycles. The molecule has 0 atom stereocenters. The van der Waals surface area contributed by atoms with Crippen LogP contribution in [0.4, 0.5) is 5.69 Å². The van der Waals surface area contributed by atoms with Crippen molar-refractivity contribution in [3.8, 4) is 0 Å². The van der Waals surface area contributed by atoms with Gasteiger partial charge in [-0.1, -0.05) is 25.5 Å². The molecule has 0 bridgehead atoms. The van der Waals surface area contributed by atoms with Gasteiger partial charge in [0.15, 0.2) is 5.82 Å². The Hall–Kier alpha value is -2.63. The number of rotatable bonds is 6. The smallest absolute Gasteiger partial charge is 0.291 e. The Kier molecular flexibility index (Phi) is 5.94. The molecule has 2 aromatic rings. The van der Waals surface area contributed by atoms with Crippen LogP contribution < -0.4 is 5.32 Å². The molecular weight excluding hydrogens is 340 g/mol. The van der Waals surface area contributed by atoms with Gasteiger partial charge in [-0.25, -0.2) is 4.98 Å². The van der Waals surface area contributed by atoms with Gasteiger partial charge >= 0.3 is 0 Å². The van der Waals surface area contributed by atoms with Crippen LogP contribution in [-0.4, -0.2) is 39.9 Å². The molecule has 1 N–H and O–H groups in total. The summed E-state index contributed by atoms with van der Waals surface area (Å²) in [6.45, 7) is 5.51. The lowest BCUT2D eigenvalue weighted by molar-refractivity contribution is 0.0786. The summed E-state index contributed by atoms with van der Waals surface area (Å²) in [6.07, 6.45) is 4.78. The van der Waals surface area contributed by atoms with Gasteiger partial charge in [0.2, 0.25) is 0 Å². The molecule has 0 radical (unpaired) electrons. The van der Waals surface area contributed by atoms with Gasteiger partial charge in [0, 0.05) is 25.8 Å². The average Bonchev–Trinajstić information content (AvgIpc) is 3.05. The molecule has 0 fully saturated rings. The van der Waals surface area contributed by atoms with Crippen molar-refractivity contribution >= 4 is 17.5 Å². The molecular formula is C21H28N4O2. The predicted octanol–water partition coefficient (Wildman–Crippen LogP) is 3.65. The number of amides is 2. The van der Waals surface area contributed by atoms with Gasteiger partial charge < -0.3 is 14.8 Å². The minimum absolute atomic E-state index is 0.0938. The number of carbonyl (C=O) groups is 2. The highest BCUT2D eigenvalue weighted by atomic mass is 16.2. The van der Waals surface area contributed by atoms with Gasteiger partial charge in [-0.05, 0) is 50.3 Å². The molecule has 1 aliphatic heterocycles. The number of imidazole rings is 1. The fourth-order valence-corrected chi connectivity index (χ4v) is 3.48. The second kappa shape index (κ2) is 8.37. The number of nitrogens with one attached hydrogen (secondary N) is 1. The Balaban J connectivity index is 1.88. The summed E-state index contributed by atoms with van der Waals surface area (Å²) in [5, 5.41) is 2.92. The van der Waals surface area contributed by atoms with E-state index in [-0.39, 0.29) is 11.8 Å². The zero-order valence-electron chi connectivity index (χ0n) is 16.4. The first-order valence-electron chi connectivity index (χ1n) is 9.74. The average molecular weight is 368 g/mol. The molecule has 27 heavy (non-hydrogen) atoms. The number of benzene rings is 1. The number of anilines is 1. The van der Waals surface area contributed by atoms with E-state index >= 15 is 0 Å². The molecule has 6 heteroatoms. The maximum Gasteiger partial charge on any atom is 0.291 e. The Morgan fingerprint density at radius 2 is 2.11 bits per heavy atom. The Morgan fingerprint density at radius 3 is 2.85 bits per heavy atom. The summed E-state index contributed by atoms with van der Waals surface area (Å²) in [6, 6.07) is 7.66. The quantitative estimate of drug-likeness (QED) is 0.846. The molecule has 6 nitrogen and oxygen atoms in total. The van der Waals surface area contributed by atoms with E-state index in [0.717, 1.165) is 55.6 Å². The molecule has 0 aliphatic carbocycles. The number of hydrogen-bond donors (Lipinski definition) is 1. The third-order valence-electron chi connectivity index (χ3n) is 4.99. The number of fused-ring (bicyclic) bond motifs is 1. The summed E-state index contributed by atoms with van der Waals surface area (Å²) < 4.78 is 1.93. The second-order valence-electron chi connectivity index (χ2n) is 7.24. The minimum atomic E-state index is -0.265. The van der Waals surface area contributed by atoms with Crippen LogP contribution in [0.1, 0.15) is 65.0 Å². The summed E-state index contributed by atoms with van der Waals surface area (Å²) in [5.74, 6) is -0.0267. The Labute approximate surface area is 160 Å². The molecule has 1 aliphatic rings. The molecule has 2 amide bonds. The van der Waals surface area contributed by atoms with E-state index in [1.807, 2.05) is 35.8 Å². The Bertz CT molecular complexity index is 841. The van der Waals surface area contributed by atoms with Crippen molar-refractivity contribution in [2.24, 2.45) is 0 Å². The normalized spacial score (nSPS) is 13.1. The summed E-state index contributed by atoms with van der Waals surface area (Å²) in [4.78, 5) is 31.9. The topological polar surface area (TPSA) is 67.2 Å². The SMILES string of the molecule is CCCCN(C)C(=O)c1nc(C(=O)Nc2cccc(C)c2)n2c1CCCC2. The van der Waals surface area contributed by atoms with Crippen LogP contribution in [0.2, 0.25) is 0 Å². The van der Waals surface area contributed by atoms with Crippen LogP contribution in [0.3, 0.4) is 0 Å². The van der Waals surface area contributed by atoms with Gasteiger partial charge in [-0.15, -0.1) is 0 Å². The molecule has 0 unspecified atom stereocenters. The largest absolute Gasteiger partial charge is 0.340 e. The Morgan fingerprint density at radius 1 is 1.30 bits per heavy atom. The van der Waals surface area contributed by atoms with E-state index in [1.54, 1.807) is 11.9 Å².